The Kier molecular flexibility index (Phi) is 7.59. The monoisotopic (exact) mass is 544 g/mol. The summed E-state index contributed by atoms with van der Waals surface area (Å²) < 4.78 is 66.3. The van der Waals surface area contributed by atoms with Gasteiger partial charge in [0, 0.05) is 10.6 Å². The van der Waals surface area contributed by atoms with Crippen LogP contribution in [-0.4, -0.2) is 31.9 Å². The van der Waals surface area contributed by atoms with Crippen LogP contribution in [0.1, 0.15) is 26.5 Å². The Hall–Kier alpha value is -3.34. The average molecular weight is 545 g/mol. The largest absolute Gasteiger partial charge is 0.573 e. The van der Waals surface area contributed by atoms with Gasteiger partial charge < -0.3 is 9.64 Å². The van der Waals surface area contributed by atoms with E-state index in [-0.39, 0.29) is 17.3 Å². The third-order valence-electron chi connectivity index (χ3n) is 4.38. The molecule has 0 aliphatic carbocycles. The highest BCUT2D eigenvalue weighted by molar-refractivity contribution is 7.89. The van der Waals surface area contributed by atoms with Crippen LogP contribution in [0.2, 0.25) is 5.02 Å². The van der Waals surface area contributed by atoms with Crippen LogP contribution in [0.3, 0.4) is 0 Å². The van der Waals surface area contributed by atoms with E-state index >= 15 is 0 Å². The van der Waals surface area contributed by atoms with Crippen molar-refractivity contribution >= 4 is 49.7 Å². The number of benzene rings is 2. The number of rotatable bonds is 7. The number of amides is 1. The number of alkyl halides is 3. The highest BCUT2D eigenvalue weighted by Gasteiger charge is 2.32. The van der Waals surface area contributed by atoms with Crippen LogP contribution >= 0.6 is 22.9 Å². The summed E-state index contributed by atoms with van der Waals surface area (Å²) in [6.07, 6.45) is -4.06. The van der Waals surface area contributed by atoms with Gasteiger partial charge in [-0.25, -0.2) is 18.1 Å². The van der Waals surface area contributed by atoms with Crippen molar-refractivity contribution < 1.29 is 31.1 Å². The molecule has 0 spiro atoms. The number of aryl methyl sites for hydroxylation is 1. The Labute approximate surface area is 207 Å². The van der Waals surface area contributed by atoms with Crippen molar-refractivity contribution in [1.29, 1.82) is 5.26 Å². The van der Waals surface area contributed by atoms with Gasteiger partial charge >= 0.3 is 6.36 Å². The topological polar surface area (TPSA) is 112 Å². The van der Waals surface area contributed by atoms with Crippen molar-refractivity contribution in [2.75, 3.05) is 11.2 Å². The smallest absolute Gasteiger partial charge is 0.404 e. The Bertz CT molecular complexity index is 1400. The second-order valence-electron chi connectivity index (χ2n) is 7.16. The molecule has 8 nitrogen and oxygen atoms in total. The molecule has 1 amide bonds. The molecule has 2 aromatic carbocycles. The van der Waals surface area contributed by atoms with Crippen molar-refractivity contribution in [3.8, 4) is 11.8 Å². The molecule has 0 unspecified atom stereocenters. The average Bonchev–Trinajstić information content (AvgIpc) is 3.13. The molecular formula is C21H16ClF3N4O4S2. The number of carbonyl (C=O) groups excluding carboxylic acids is 1. The normalized spacial score (nSPS) is 11.6. The van der Waals surface area contributed by atoms with Crippen molar-refractivity contribution in [3.63, 3.8) is 0 Å². The van der Waals surface area contributed by atoms with Gasteiger partial charge in [-0.3, -0.25) is 4.79 Å². The van der Waals surface area contributed by atoms with Gasteiger partial charge in [0.2, 0.25) is 10.0 Å². The molecule has 1 N–H and O–H groups in total. The van der Waals surface area contributed by atoms with E-state index in [1.165, 1.54) is 12.1 Å². The number of aromatic nitrogens is 1. The van der Waals surface area contributed by atoms with Gasteiger partial charge in [0.25, 0.3) is 5.91 Å². The second-order valence-corrected chi connectivity index (χ2v) is 10.5. The standard InChI is InChI=1S/C21H16ClF3N4O4S2/c1-12-18(19(30)28-35(2,31)32)27-20(34-12)29(15-6-3-13(10-26)4-7-15)11-14-5-8-17(16(22)9-14)33-21(23,24)25/h3-9H,11H2,1-2H3,(H,28,30). The summed E-state index contributed by atoms with van der Waals surface area (Å²) in [4.78, 5) is 18.7. The molecule has 0 aliphatic heterocycles. The lowest BCUT2D eigenvalue weighted by atomic mass is 10.1. The lowest BCUT2D eigenvalue weighted by molar-refractivity contribution is -0.274. The third-order valence-corrected chi connectivity index (χ3v) is 6.23. The molecule has 3 aromatic rings. The fourth-order valence-corrected chi connectivity index (χ4v) is 4.54. The van der Waals surface area contributed by atoms with Crippen molar-refractivity contribution in [3.05, 3.63) is 69.2 Å². The molecule has 0 saturated carbocycles. The van der Waals surface area contributed by atoms with E-state index in [1.54, 1.807) is 36.1 Å². The summed E-state index contributed by atoms with van der Waals surface area (Å²) in [7, 11) is -3.82. The molecule has 0 fully saturated rings. The molecular weight excluding hydrogens is 529 g/mol. The zero-order chi connectivity index (χ0) is 26.0. The molecule has 3 rings (SSSR count). The highest BCUT2D eigenvalue weighted by Crippen LogP contribution is 2.35. The first-order valence-electron chi connectivity index (χ1n) is 9.57. The molecule has 0 aliphatic rings. The minimum atomic E-state index is -4.90. The van der Waals surface area contributed by atoms with Gasteiger partial charge in [-0.2, -0.15) is 5.26 Å². The molecule has 0 atom stereocenters. The quantitative estimate of drug-likeness (QED) is 0.450. The first-order valence-corrected chi connectivity index (χ1v) is 12.7. The fraction of sp³-hybridized carbons (Fsp3) is 0.190. The maximum atomic E-state index is 12.6. The minimum Gasteiger partial charge on any atom is -0.404 e. The van der Waals surface area contributed by atoms with E-state index in [1.807, 2.05) is 10.8 Å². The zero-order valence-corrected chi connectivity index (χ0v) is 20.4. The molecule has 35 heavy (non-hydrogen) atoms. The number of carbonyl (C=O) groups is 1. The number of hydrogen-bond donors (Lipinski definition) is 1. The van der Waals surface area contributed by atoms with Gasteiger partial charge in [0.1, 0.15) is 11.4 Å². The van der Waals surface area contributed by atoms with Crippen molar-refractivity contribution in [2.24, 2.45) is 0 Å². The van der Waals surface area contributed by atoms with Gasteiger partial charge in [-0.1, -0.05) is 17.7 Å². The molecule has 1 aromatic heterocycles. The van der Waals surface area contributed by atoms with Crippen LogP contribution < -0.4 is 14.4 Å². The molecule has 0 saturated heterocycles. The summed E-state index contributed by atoms with van der Waals surface area (Å²) in [5.74, 6) is -1.46. The number of anilines is 2. The lowest BCUT2D eigenvalue weighted by Gasteiger charge is -2.23. The number of hydrogen-bond acceptors (Lipinski definition) is 8. The van der Waals surface area contributed by atoms with E-state index < -0.39 is 28.0 Å². The highest BCUT2D eigenvalue weighted by atomic mass is 35.5. The molecule has 184 valence electrons. The predicted octanol–water partition coefficient (Wildman–Crippen LogP) is 4.90. The number of sulfonamides is 1. The number of nitrogens with zero attached hydrogens (tertiary/aromatic N) is 3. The molecule has 0 radical (unpaired) electrons. The van der Waals surface area contributed by atoms with Gasteiger partial charge in [-0.15, -0.1) is 24.5 Å². The van der Waals surface area contributed by atoms with Crippen molar-refractivity contribution in [1.82, 2.24) is 9.71 Å². The van der Waals surface area contributed by atoms with E-state index in [9.17, 15) is 26.4 Å². The Morgan fingerprint density at radius 1 is 1.26 bits per heavy atom. The van der Waals surface area contributed by atoms with Crippen molar-refractivity contribution in [2.45, 2.75) is 19.8 Å². The van der Waals surface area contributed by atoms with Gasteiger partial charge in [-0.05, 0) is 48.9 Å². The first-order chi connectivity index (χ1) is 16.3. The number of ether oxygens (including phenoxy) is 1. The number of halogens is 4. The maximum absolute atomic E-state index is 12.6. The summed E-state index contributed by atoms with van der Waals surface area (Å²) in [6.45, 7) is 1.66. The molecule has 0 bridgehead atoms. The van der Waals surface area contributed by atoms with Gasteiger partial charge in [0.05, 0.1) is 29.5 Å². The Balaban J connectivity index is 2.00. The SMILES string of the molecule is Cc1sc(N(Cc2ccc(OC(F)(F)F)c(Cl)c2)c2ccc(C#N)cc2)nc1C(=O)NS(C)(=O)=O. The first kappa shape index (κ1) is 26.3. The number of nitrogens with one attached hydrogen (secondary N) is 1. The van der Waals surface area contributed by atoms with Crippen LogP contribution in [0.25, 0.3) is 0 Å². The Morgan fingerprint density at radius 3 is 2.46 bits per heavy atom. The predicted molar refractivity (Wildman–Crippen MR) is 124 cm³/mol. The van der Waals surface area contributed by atoms with E-state index in [2.05, 4.69) is 9.72 Å². The summed E-state index contributed by atoms with van der Waals surface area (Å²) in [6, 6.07) is 12.2. The van der Waals surface area contributed by atoms with Crippen LogP contribution in [0.4, 0.5) is 24.0 Å². The van der Waals surface area contributed by atoms with E-state index in [4.69, 9.17) is 16.9 Å². The number of nitriles is 1. The zero-order valence-electron chi connectivity index (χ0n) is 18.1. The van der Waals surface area contributed by atoms with E-state index in [0.717, 1.165) is 23.7 Å². The van der Waals surface area contributed by atoms with Crippen LogP contribution in [0, 0.1) is 18.3 Å². The molecule has 1 heterocycles. The van der Waals surface area contributed by atoms with E-state index in [0.29, 0.717) is 26.8 Å². The Morgan fingerprint density at radius 2 is 1.91 bits per heavy atom. The number of thiazole rings is 1. The maximum Gasteiger partial charge on any atom is 0.573 e. The summed E-state index contributed by atoms with van der Waals surface area (Å²) >= 11 is 7.08. The fourth-order valence-electron chi connectivity index (χ4n) is 2.94. The second kappa shape index (κ2) is 10.1. The summed E-state index contributed by atoms with van der Waals surface area (Å²) in [5, 5.41) is 9.12. The van der Waals surface area contributed by atoms with Crippen LogP contribution in [0.5, 0.6) is 5.75 Å². The van der Waals surface area contributed by atoms with Crippen LogP contribution in [0.15, 0.2) is 42.5 Å². The third kappa shape index (κ3) is 7.08. The van der Waals surface area contributed by atoms with Gasteiger partial charge in [0.15, 0.2) is 5.13 Å². The minimum absolute atomic E-state index is 0.0675. The lowest BCUT2D eigenvalue weighted by Crippen LogP contribution is -2.30. The van der Waals surface area contributed by atoms with Crippen LogP contribution in [-0.2, 0) is 16.6 Å². The summed E-state index contributed by atoms with van der Waals surface area (Å²) in [5.41, 5.74) is 1.35. The molecule has 14 heteroatoms.